The standard InChI is InChI=1S/C11H8FN3/c12-8-2-1-7-5-15-6-10(9(7)3-8)11(14)4-13/h1-3,5-6,11H,14H2. The first kappa shape index (κ1) is 9.56. The van der Waals surface area contributed by atoms with Crippen molar-refractivity contribution in [1.29, 1.82) is 5.26 Å². The molecule has 0 aliphatic carbocycles. The van der Waals surface area contributed by atoms with Crippen molar-refractivity contribution in [2.75, 3.05) is 0 Å². The largest absolute Gasteiger partial charge is 0.312 e. The lowest BCUT2D eigenvalue weighted by molar-refractivity contribution is 0.629. The van der Waals surface area contributed by atoms with Gasteiger partial charge in [-0.25, -0.2) is 4.39 Å². The topological polar surface area (TPSA) is 62.7 Å². The van der Waals surface area contributed by atoms with Crippen LogP contribution in [0.5, 0.6) is 0 Å². The van der Waals surface area contributed by atoms with E-state index >= 15 is 0 Å². The number of fused-ring (bicyclic) bond motifs is 1. The fourth-order valence-electron chi connectivity index (χ4n) is 1.48. The van der Waals surface area contributed by atoms with Gasteiger partial charge in [0, 0.05) is 23.3 Å². The lowest BCUT2D eigenvalue weighted by Crippen LogP contribution is -2.08. The number of halogens is 1. The Morgan fingerprint density at radius 2 is 2.20 bits per heavy atom. The van der Waals surface area contributed by atoms with Crippen LogP contribution in [-0.4, -0.2) is 4.98 Å². The van der Waals surface area contributed by atoms with Gasteiger partial charge in [-0.15, -0.1) is 0 Å². The molecule has 4 heteroatoms. The number of pyridine rings is 1. The summed E-state index contributed by atoms with van der Waals surface area (Å²) in [6.45, 7) is 0. The summed E-state index contributed by atoms with van der Waals surface area (Å²) < 4.78 is 13.0. The van der Waals surface area contributed by atoms with Crippen molar-refractivity contribution in [1.82, 2.24) is 4.98 Å². The van der Waals surface area contributed by atoms with Crippen LogP contribution in [-0.2, 0) is 0 Å². The number of nitrogens with zero attached hydrogens (tertiary/aromatic N) is 2. The van der Waals surface area contributed by atoms with Crippen molar-refractivity contribution in [3.05, 3.63) is 42.0 Å². The Labute approximate surface area is 86.0 Å². The monoisotopic (exact) mass is 201 g/mol. The maximum Gasteiger partial charge on any atom is 0.123 e. The minimum atomic E-state index is -0.775. The Balaban J connectivity index is 2.75. The number of nitriles is 1. The first-order valence-electron chi connectivity index (χ1n) is 4.41. The molecule has 3 nitrogen and oxygen atoms in total. The number of benzene rings is 1. The van der Waals surface area contributed by atoms with E-state index in [-0.39, 0.29) is 5.82 Å². The van der Waals surface area contributed by atoms with Crippen molar-refractivity contribution in [2.24, 2.45) is 5.73 Å². The van der Waals surface area contributed by atoms with Crippen molar-refractivity contribution < 1.29 is 4.39 Å². The molecular formula is C11H8FN3. The zero-order valence-electron chi connectivity index (χ0n) is 7.81. The van der Waals surface area contributed by atoms with Crippen LogP contribution < -0.4 is 5.73 Å². The third kappa shape index (κ3) is 1.65. The maximum absolute atomic E-state index is 13.0. The summed E-state index contributed by atoms with van der Waals surface area (Å²) in [4.78, 5) is 3.96. The summed E-state index contributed by atoms with van der Waals surface area (Å²) in [7, 11) is 0. The quantitative estimate of drug-likeness (QED) is 0.766. The smallest absolute Gasteiger partial charge is 0.123 e. The Morgan fingerprint density at radius 3 is 2.93 bits per heavy atom. The molecule has 0 fully saturated rings. The summed E-state index contributed by atoms with van der Waals surface area (Å²) in [5.41, 5.74) is 6.14. The number of aromatic nitrogens is 1. The van der Waals surface area contributed by atoms with Gasteiger partial charge in [-0.3, -0.25) is 4.98 Å². The fraction of sp³-hybridized carbons (Fsp3) is 0.0909. The van der Waals surface area contributed by atoms with Gasteiger partial charge in [0.25, 0.3) is 0 Å². The Bertz CT molecular complexity index is 545. The molecule has 1 heterocycles. The molecule has 0 saturated carbocycles. The molecule has 0 bridgehead atoms. The average Bonchev–Trinajstić information content (AvgIpc) is 2.27. The van der Waals surface area contributed by atoms with E-state index in [0.717, 1.165) is 5.39 Å². The molecule has 0 amide bonds. The average molecular weight is 201 g/mol. The summed E-state index contributed by atoms with van der Waals surface area (Å²) in [6, 6.07) is 5.47. The summed E-state index contributed by atoms with van der Waals surface area (Å²) in [6.07, 6.45) is 3.11. The summed E-state index contributed by atoms with van der Waals surface area (Å²) in [5, 5.41) is 10.1. The molecule has 1 aromatic carbocycles. The SMILES string of the molecule is N#CC(N)c1cncc2ccc(F)cc12. The van der Waals surface area contributed by atoms with E-state index < -0.39 is 6.04 Å². The zero-order chi connectivity index (χ0) is 10.8. The first-order chi connectivity index (χ1) is 7.22. The first-order valence-corrected chi connectivity index (χ1v) is 4.41. The molecule has 2 N–H and O–H groups in total. The van der Waals surface area contributed by atoms with Crippen LogP contribution in [0.15, 0.2) is 30.6 Å². The van der Waals surface area contributed by atoms with Crippen molar-refractivity contribution in [2.45, 2.75) is 6.04 Å². The van der Waals surface area contributed by atoms with Crippen LogP contribution in [0.3, 0.4) is 0 Å². The van der Waals surface area contributed by atoms with E-state index in [1.54, 1.807) is 12.3 Å². The van der Waals surface area contributed by atoms with E-state index in [4.69, 9.17) is 11.0 Å². The molecule has 2 aromatic rings. The van der Waals surface area contributed by atoms with E-state index in [0.29, 0.717) is 10.9 Å². The van der Waals surface area contributed by atoms with Gasteiger partial charge < -0.3 is 5.73 Å². The highest BCUT2D eigenvalue weighted by Gasteiger charge is 2.09. The van der Waals surface area contributed by atoms with Gasteiger partial charge in [-0.1, -0.05) is 0 Å². The highest BCUT2D eigenvalue weighted by atomic mass is 19.1. The Hall–Kier alpha value is -1.99. The second-order valence-electron chi connectivity index (χ2n) is 3.20. The molecule has 74 valence electrons. The maximum atomic E-state index is 13.0. The highest BCUT2D eigenvalue weighted by Crippen LogP contribution is 2.22. The lowest BCUT2D eigenvalue weighted by Gasteiger charge is -2.06. The number of nitrogens with two attached hydrogens (primary N) is 1. The normalized spacial score (nSPS) is 12.3. The molecule has 0 spiro atoms. The minimum Gasteiger partial charge on any atom is -0.312 e. The molecule has 0 aliphatic rings. The van der Waals surface area contributed by atoms with Crippen molar-refractivity contribution in [3.8, 4) is 6.07 Å². The third-order valence-electron chi connectivity index (χ3n) is 2.23. The Morgan fingerprint density at radius 1 is 1.40 bits per heavy atom. The predicted octanol–water partition coefficient (Wildman–Crippen LogP) is 1.90. The molecule has 0 radical (unpaired) electrons. The van der Waals surface area contributed by atoms with Crippen LogP contribution >= 0.6 is 0 Å². The number of rotatable bonds is 1. The summed E-state index contributed by atoms with van der Waals surface area (Å²) in [5.74, 6) is -0.347. The zero-order valence-corrected chi connectivity index (χ0v) is 7.81. The molecule has 0 aliphatic heterocycles. The third-order valence-corrected chi connectivity index (χ3v) is 2.23. The molecule has 15 heavy (non-hydrogen) atoms. The van der Waals surface area contributed by atoms with Gasteiger partial charge >= 0.3 is 0 Å². The van der Waals surface area contributed by atoms with Crippen LogP contribution in [0.2, 0.25) is 0 Å². The number of hydrogen-bond acceptors (Lipinski definition) is 3. The van der Waals surface area contributed by atoms with Crippen LogP contribution in [0.25, 0.3) is 10.8 Å². The fourth-order valence-corrected chi connectivity index (χ4v) is 1.48. The second kappa shape index (κ2) is 3.64. The van der Waals surface area contributed by atoms with Crippen molar-refractivity contribution in [3.63, 3.8) is 0 Å². The van der Waals surface area contributed by atoms with Gasteiger partial charge in [0.2, 0.25) is 0 Å². The van der Waals surface area contributed by atoms with E-state index in [9.17, 15) is 4.39 Å². The molecule has 1 unspecified atom stereocenters. The van der Waals surface area contributed by atoms with Gasteiger partial charge in [0.05, 0.1) is 6.07 Å². The van der Waals surface area contributed by atoms with Crippen molar-refractivity contribution >= 4 is 10.8 Å². The van der Waals surface area contributed by atoms with Crippen LogP contribution in [0, 0.1) is 17.1 Å². The Kier molecular flexibility index (Phi) is 2.32. The molecule has 1 aromatic heterocycles. The van der Waals surface area contributed by atoms with Gasteiger partial charge in [0.15, 0.2) is 0 Å². The van der Waals surface area contributed by atoms with E-state index in [2.05, 4.69) is 4.98 Å². The molecular weight excluding hydrogens is 193 g/mol. The summed E-state index contributed by atoms with van der Waals surface area (Å²) >= 11 is 0. The van der Waals surface area contributed by atoms with Gasteiger partial charge in [0.1, 0.15) is 11.9 Å². The van der Waals surface area contributed by atoms with Crippen LogP contribution in [0.4, 0.5) is 4.39 Å². The minimum absolute atomic E-state index is 0.347. The number of hydrogen-bond donors (Lipinski definition) is 1. The predicted molar refractivity (Wildman–Crippen MR) is 54.2 cm³/mol. The molecule has 1 atom stereocenters. The molecule has 0 saturated heterocycles. The van der Waals surface area contributed by atoms with Gasteiger partial charge in [-0.2, -0.15) is 5.26 Å². The second-order valence-corrected chi connectivity index (χ2v) is 3.20. The highest BCUT2D eigenvalue weighted by molar-refractivity contribution is 5.85. The van der Waals surface area contributed by atoms with Gasteiger partial charge in [-0.05, 0) is 23.6 Å². The lowest BCUT2D eigenvalue weighted by atomic mass is 10.0. The van der Waals surface area contributed by atoms with E-state index in [1.165, 1.54) is 18.3 Å². The molecule has 2 rings (SSSR count). The van der Waals surface area contributed by atoms with E-state index in [1.807, 2.05) is 6.07 Å². The van der Waals surface area contributed by atoms with Crippen LogP contribution in [0.1, 0.15) is 11.6 Å².